The van der Waals surface area contributed by atoms with Crippen molar-refractivity contribution >= 4 is 55.5 Å². The van der Waals surface area contributed by atoms with Crippen LogP contribution in [0.4, 0.5) is 13.2 Å². The molecule has 3 N–H and O–H groups in total. The summed E-state index contributed by atoms with van der Waals surface area (Å²) in [6.45, 7) is 7.96. The molecule has 7 atom stereocenters. The van der Waals surface area contributed by atoms with E-state index in [2.05, 4.69) is 64.9 Å². The highest BCUT2D eigenvalue weighted by atomic mass is 79.9. The Morgan fingerprint density at radius 2 is 1.58 bits per heavy atom. The molecule has 3 saturated heterocycles. The van der Waals surface area contributed by atoms with Crippen LogP contribution in [0.3, 0.4) is 0 Å². The highest BCUT2D eigenvalue weighted by Gasteiger charge is 2.52. The predicted molar refractivity (Wildman–Crippen MR) is 292 cm³/mol. The number of amides is 5. The molecule has 7 aliphatic rings. The zero-order valence-electron chi connectivity index (χ0n) is 45.5. The predicted octanol–water partition coefficient (Wildman–Crippen LogP) is 6.45. The second-order valence-corrected chi connectivity index (χ2v) is 26.8. The van der Waals surface area contributed by atoms with Gasteiger partial charge in [-0.25, -0.2) is 8.42 Å². The molecule has 5 fully saturated rings. The Morgan fingerprint density at radius 3 is 2.27 bits per heavy atom. The molecular formula is C57H74BrF3N10O7S. The number of aromatic nitrogens is 2. The normalized spacial score (nSPS) is 28.6. The van der Waals surface area contributed by atoms with Crippen molar-refractivity contribution < 1.29 is 45.6 Å². The van der Waals surface area contributed by atoms with Gasteiger partial charge in [0, 0.05) is 113 Å². The van der Waals surface area contributed by atoms with Gasteiger partial charge in [0.15, 0.2) is 0 Å². The summed E-state index contributed by atoms with van der Waals surface area (Å²) in [6.07, 6.45) is 6.54. The zero-order valence-corrected chi connectivity index (χ0v) is 47.9. The highest BCUT2D eigenvalue weighted by molar-refractivity contribution is 9.10. The van der Waals surface area contributed by atoms with Gasteiger partial charge in [0.2, 0.25) is 39.6 Å². The lowest BCUT2D eigenvalue weighted by Gasteiger charge is -2.43. The molecule has 1 aromatic carbocycles. The number of rotatable bonds is 13. The largest absolute Gasteiger partial charge is 0.417 e. The number of carbonyl (C=O) groups is 5. The average molecular weight is 1180 g/mol. The first kappa shape index (κ1) is 57.2. The topological polar surface area (TPSA) is 198 Å². The van der Waals surface area contributed by atoms with E-state index in [0.717, 1.165) is 41.6 Å². The van der Waals surface area contributed by atoms with E-state index in [9.17, 15) is 45.6 Å². The van der Waals surface area contributed by atoms with Crippen LogP contribution < -0.4 is 16.0 Å². The number of aryl methyl sites for hydroxylation is 1. The van der Waals surface area contributed by atoms with E-state index in [4.69, 9.17) is 0 Å². The van der Waals surface area contributed by atoms with Crippen molar-refractivity contribution in [1.82, 2.24) is 49.8 Å². The van der Waals surface area contributed by atoms with Gasteiger partial charge in [0.05, 0.1) is 39.9 Å². The molecular weight excluding hydrogens is 1110 g/mol. The number of sulfonamides is 1. The third-order valence-corrected chi connectivity index (χ3v) is 21.7. The molecule has 3 aromatic rings. The number of carbonyl (C=O) groups excluding carboxylic acids is 5. The summed E-state index contributed by atoms with van der Waals surface area (Å²) in [6, 6.07) is 9.27. The van der Waals surface area contributed by atoms with Crippen molar-refractivity contribution in [2.24, 2.45) is 23.2 Å². The molecule has 2 aromatic heterocycles. The Hall–Kier alpha value is -5.03. The Balaban J connectivity index is 0.701. The molecule has 17 nitrogen and oxygen atoms in total. The van der Waals surface area contributed by atoms with Crippen LogP contribution in [0.25, 0.3) is 0 Å². The first-order valence-electron chi connectivity index (χ1n) is 28.3. The lowest BCUT2D eigenvalue weighted by Crippen LogP contribution is -2.56. The van der Waals surface area contributed by atoms with Gasteiger partial charge >= 0.3 is 6.18 Å². The van der Waals surface area contributed by atoms with Crippen LogP contribution in [0.1, 0.15) is 143 Å². The van der Waals surface area contributed by atoms with E-state index in [1.165, 1.54) is 16.0 Å². The Labute approximate surface area is 469 Å². The fraction of sp³-hybridized carbons (Fsp3) is 0.632. The number of hydrogen-bond donors (Lipinski definition) is 3. The molecule has 0 spiro atoms. The second kappa shape index (κ2) is 23.1. The van der Waals surface area contributed by atoms with Crippen molar-refractivity contribution in [3.63, 3.8) is 0 Å². The summed E-state index contributed by atoms with van der Waals surface area (Å²) in [5, 5.41) is 9.18. The maximum atomic E-state index is 15.0. The minimum absolute atomic E-state index is 0.0128. The zero-order chi connectivity index (χ0) is 56.1. The quantitative estimate of drug-likeness (QED) is 0.170. The molecule has 79 heavy (non-hydrogen) atoms. The van der Waals surface area contributed by atoms with Crippen LogP contribution in [0.5, 0.6) is 0 Å². The minimum atomic E-state index is -4.64. The minimum Gasteiger partial charge on any atom is -0.346 e. The van der Waals surface area contributed by atoms with Gasteiger partial charge in [0.1, 0.15) is 6.04 Å². The molecule has 3 aliphatic carbocycles. The summed E-state index contributed by atoms with van der Waals surface area (Å²) in [4.78, 5) is 84.4. The molecule has 10 rings (SSSR count). The van der Waals surface area contributed by atoms with Crippen LogP contribution in [0.2, 0.25) is 0 Å². The number of pyridine rings is 2. The number of halogens is 4. The van der Waals surface area contributed by atoms with Crippen molar-refractivity contribution in [3.05, 3.63) is 93.0 Å². The lowest BCUT2D eigenvalue weighted by molar-refractivity contribution is -0.147. The number of likely N-dealkylation sites (tertiary alicyclic amines) is 2. The van der Waals surface area contributed by atoms with Crippen molar-refractivity contribution in [2.45, 2.75) is 152 Å². The fourth-order valence-electron chi connectivity index (χ4n) is 14.2. The van der Waals surface area contributed by atoms with Crippen LogP contribution in [-0.4, -0.2) is 148 Å². The summed E-state index contributed by atoms with van der Waals surface area (Å²) in [5.41, 5.74) is 2.32. The summed E-state index contributed by atoms with van der Waals surface area (Å²) >= 11 is 3.59. The van der Waals surface area contributed by atoms with Gasteiger partial charge < -0.3 is 30.7 Å². The molecule has 22 heteroatoms. The van der Waals surface area contributed by atoms with Gasteiger partial charge in [-0.15, -0.1) is 0 Å². The highest BCUT2D eigenvalue weighted by Crippen LogP contribution is 2.48. The summed E-state index contributed by atoms with van der Waals surface area (Å²) in [5.74, 6) is -2.29. The number of alkyl halides is 3. The van der Waals surface area contributed by atoms with E-state index >= 15 is 0 Å². The lowest BCUT2D eigenvalue weighted by atomic mass is 9.73. The number of nitrogens with one attached hydrogen (secondary N) is 3. The standard InChI is InChI=1S/C57H74BrF3N10O7S/c1-34(2)56(18-15-42(29-56)65-47-14-9-37-27-41(58)10-13-45(37)47)55(76)70-32-39-26-40(57(59,60)61)31-63-50(39)48(33-70)66-52(73)36-7-11-43(12-8-36)68-22-24-71(25-23-68)79(77,78)44-16-20-69(21-17-44)54(75)35(3)64-53(74)46-28-49(72)67(4)51(46)38-6-5-19-62-30-38/h5-6,10,13,19,26-27,30-31,34-36,42-44,46-48,51,65H,7-9,11-12,14-18,20-25,28-29,32-33H2,1-4H3,(H,64,74)(H,66,73)/t35-,36?,42+,43?,46-,47+,48+,51+,56-/m0/s1. The molecule has 0 bridgehead atoms. The first-order valence-corrected chi connectivity index (χ1v) is 30.6. The van der Waals surface area contributed by atoms with Gasteiger partial charge in [-0.1, -0.05) is 41.9 Å². The third kappa shape index (κ3) is 11.7. The molecule has 6 heterocycles. The Bertz CT molecular complexity index is 2900. The summed E-state index contributed by atoms with van der Waals surface area (Å²) < 4.78 is 73.0. The third-order valence-electron chi connectivity index (χ3n) is 18.8. The van der Waals surface area contributed by atoms with Gasteiger partial charge in [-0.05, 0) is 130 Å². The average Bonchev–Trinajstić information content (AvgIpc) is 4.33. The SMILES string of the molecule is CC(C)[C@]1(C(=O)N2Cc3cc(C(F)(F)F)cnc3[C@H](NC(=O)C3CCC(N4CCN(S(=O)(=O)C5CCN(C(=O)[C@H](C)NC(=O)[C@H]6CC(=O)N(C)[C@@H]6c6cccnc6)CC5)CC4)CC3)C2)CC[C@@H](N[C@@H]2CCc3cc(Br)ccc32)C1. The van der Waals surface area contributed by atoms with Crippen LogP contribution in [0.15, 0.2) is 59.5 Å². The maximum absolute atomic E-state index is 15.0. The maximum Gasteiger partial charge on any atom is 0.417 e. The molecule has 2 saturated carbocycles. The van der Waals surface area contributed by atoms with E-state index in [1.807, 2.05) is 19.9 Å². The number of nitrogens with zero attached hydrogens (tertiary/aromatic N) is 7. The van der Waals surface area contributed by atoms with Gasteiger partial charge in [-0.2, -0.15) is 17.5 Å². The van der Waals surface area contributed by atoms with Gasteiger partial charge in [-0.3, -0.25) is 38.8 Å². The van der Waals surface area contributed by atoms with Gasteiger partial charge in [0.25, 0.3) is 0 Å². The Morgan fingerprint density at radius 1 is 0.848 bits per heavy atom. The van der Waals surface area contributed by atoms with Crippen molar-refractivity contribution in [1.29, 1.82) is 0 Å². The number of hydrogen-bond acceptors (Lipinski definition) is 11. The number of piperazine rings is 1. The van der Waals surface area contributed by atoms with E-state index < -0.39 is 62.4 Å². The second-order valence-electron chi connectivity index (χ2n) is 23.7. The fourth-order valence-corrected chi connectivity index (χ4v) is 16.5. The van der Waals surface area contributed by atoms with Crippen LogP contribution in [-0.2, 0) is 53.1 Å². The monoisotopic (exact) mass is 1180 g/mol. The van der Waals surface area contributed by atoms with E-state index in [-0.39, 0.29) is 105 Å². The van der Waals surface area contributed by atoms with Crippen LogP contribution >= 0.6 is 15.9 Å². The molecule has 4 aliphatic heterocycles. The van der Waals surface area contributed by atoms with E-state index in [1.54, 1.807) is 46.5 Å². The summed E-state index contributed by atoms with van der Waals surface area (Å²) in [7, 11) is -2.02. The number of benzene rings is 1. The molecule has 0 radical (unpaired) electrons. The Kier molecular flexibility index (Phi) is 16.7. The van der Waals surface area contributed by atoms with Crippen molar-refractivity contribution in [3.8, 4) is 0 Å². The molecule has 5 amide bonds. The number of piperidine rings is 1. The number of fused-ring (bicyclic) bond motifs is 2. The molecule has 428 valence electrons. The molecule has 0 unspecified atom stereocenters. The van der Waals surface area contributed by atoms with Crippen LogP contribution in [0, 0.1) is 23.2 Å². The first-order chi connectivity index (χ1) is 37.6. The smallest absolute Gasteiger partial charge is 0.346 e. The van der Waals surface area contributed by atoms with Crippen molar-refractivity contribution in [2.75, 3.05) is 52.9 Å². The van der Waals surface area contributed by atoms with E-state index in [0.29, 0.717) is 70.4 Å².